The van der Waals surface area contributed by atoms with Crippen LogP contribution in [0.5, 0.6) is 0 Å². The fourth-order valence-corrected chi connectivity index (χ4v) is 7.54. The van der Waals surface area contributed by atoms with Gasteiger partial charge in [0.2, 0.25) is 0 Å². The topological polar surface area (TPSA) is 36.9 Å². The molecule has 0 aliphatic heterocycles. The molecular formula is C7H21O4Si3. The third-order valence-electron chi connectivity index (χ3n) is 1.76. The summed E-state index contributed by atoms with van der Waals surface area (Å²) in [5.41, 5.74) is 0. The Morgan fingerprint density at radius 2 is 1.07 bits per heavy atom. The van der Waals surface area contributed by atoms with Crippen LogP contribution in [0.25, 0.3) is 0 Å². The van der Waals surface area contributed by atoms with Gasteiger partial charge >= 0.3 is 26.4 Å². The second kappa shape index (κ2) is 5.54. The maximum absolute atomic E-state index is 5.78. The van der Waals surface area contributed by atoms with Gasteiger partial charge < -0.3 is 17.1 Å². The van der Waals surface area contributed by atoms with E-state index < -0.39 is 26.4 Å². The van der Waals surface area contributed by atoms with Crippen LogP contribution in [0.15, 0.2) is 0 Å². The van der Waals surface area contributed by atoms with Crippen LogP contribution in [-0.4, -0.2) is 40.6 Å². The van der Waals surface area contributed by atoms with Gasteiger partial charge in [0.25, 0.3) is 0 Å². The fourth-order valence-electron chi connectivity index (χ4n) is 0.796. The van der Waals surface area contributed by atoms with E-state index in [4.69, 9.17) is 17.1 Å². The third-order valence-corrected chi connectivity index (χ3v) is 9.96. The van der Waals surface area contributed by atoms with E-state index in [0.29, 0.717) is 0 Å². The highest BCUT2D eigenvalue weighted by Crippen LogP contribution is 2.12. The molecule has 0 aromatic carbocycles. The molecule has 0 aliphatic carbocycles. The zero-order valence-electron chi connectivity index (χ0n) is 10.1. The molecule has 1 radical (unpaired) electrons. The minimum Gasteiger partial charge on any atom is -0.414 e. The molecule has 0 saturated carbocycles. The smallest absolute Gasteiger partial charge is 0.362 e. The Hall–Kier alpha value is 0.491. The zero-order chi connectivity index (χ0) is 11.4. The van der Waals surface area contributed by atoms with Crippen molar-refractivity contribution in [2.24, 2.45) is 0 Å². The molecule has 0 rings (SSSR count). The van der Waals surface area contributed by atoms with Gasteiger partial charge in [-0.1, -0.05) is 0 Å². The van der Waals surface area contributed by atoms with Crippen molar-refractivity contribution in [1.82, 2.24) is 0 Å². The maximum Gasteiger partial charge on any atom is 0.362 e. The Balaban J connectivity index is 4.04. The molecule has 0 amide bonds. The van der Waals surface area contributed by atoms with E-state index in [2.05, 4.69) is 0 Å². The van der Waals surface area contributed by atoms with Gasteiger partial charge in [0.15, 0.2) is 0 Å². The predicted octanol–water partition coefficient (Wildman–Crippen LogP) is 1.83. The summed E-state index contributed by atoms with van der Waals surface area (Å²) in [5.74, 6) is 0. The summed E-state index contributed by atoms with van der Waals surface area (Å²) in [6, 6.07) is 0. The molecule has 0 saturated heterocycles. The Kier molecular flexibility index (Phi) is 5.73. The van der Waals surface area contributed by atoms with Crippen molar-refractivity contribution in [2.45, 2.75) is 32.7 Å². The molecule has 0 unspecified atom stereocenters. The number of hydrogen-bond acceptors (Lipinski definition) is 4. The zero-order valence-corrected chi connectivity index (χ0v) is 13.1. The van der Waals surface area contributed by atoms with E-state index >= 15 is 0 Å². The molecule has 0 aromatic rings. The highest BCUT2D eigenvalue weighted by Gasteiger charge is 2.33. The lowest BCUT2D eigenvalue weighted by atomic mass is 11.8. The Bertz CT molecular complexity index is 156. The summed E-state index contributed by atoms with van der Waals surface area (Å²) in [7, 11) is -1.82. The lowest BCUT2D eigenvalue weighted by Gasteiger charge is -2.28. The van der Waals surface area contributed by atoms with Crippen molar-refractivity contribution in [3.8, 4) is 0 Å². The van der Waals surface area contributed by atoms with E-state index in [0.717, 1.165) is 0 Å². The second-order valence-electron chi connectivity index (χ2n) is 3.90. The Morgan fingerprint density at radius 1 is 0.786 bits per heavy atom. The van der Waals surface area contributed by atoms with Crippen molar-refractivity contribution >= 4 is 26.4 Å². The monoisotopic (exact) mass is 253 g/mol. The van der Waals surface area contributed by atoms with Crippen LogP contribution in [0.4, 0.5) is 0 Å². The maximum atomic E-state index is 5.78. The van der Waals surface area contributed by atoms with Crippen molar-refractivity contribution in [3.63, 3.8) is 0 Å². The minimum absolute atomic E-state index is 1.25. The summed E-state index contributed by atoms with van der Waals surface area (Å²) >= 11 is 0. The van der Waals surface area contributed by atoms with Crippen molar-refractivity contribution in [3.05, 3.63) is 0 Å². The fraction of sp³-hybridized carbons (Fsp3) is 1.00. The van der Waals surface area contributed by atoms with E-state index in [-0.39, 0.29) is 0 Å². The molecular weight excluding hydrogens is 232 g/mol. The molecule has 14 heavy (non-hydrogen) atoms. The number of rotatable bonds is 6. The number of hydrogen-bond donors (Lipinski definition) is 0. The van der Waals surface area contributed by atoms with Gasteiger partial charge in [-0.25, -0.2) is 0 Å². The molecule has 0 bridgehead atoms. The van der Waals surface area contributed by atoms with Crippen LogP contribution in [0.2, 0.25) is 32.7 Å². The van der Waals surface area contributed by atoms with Crippen molar-refractivity contribution in [2.75, 3.05) is 14.2 Å². The SMILES string of the molecule is CO[Si](C)(C)O[Si](C)O[Si](C)(C)OC. The standard InChI is InChI=1S/C7H21O4Si3/c1-8-13(4,5)10-12(3)11-14(6,7)9-2/h1-7H3. The molecule has 0 fully saturated rings. The lowest BCUT2D eigenvalue weighted by Crippen LogP contribution is -2.46. The van der Waals surface area contributed by atoms with E-state index in [9.17, 15) is 0 Å². The summed E-state index contributed by atoms with van der Waals surface area (Å²) in [4.78, 5) is 0. The first-order valence-corrected chi connectivity index (χ1v) is 12.0. The van der Waals surface area contributed by atoms with E-state index in [1.54, 1.807) is 14.2 Å². The van der Waals surface area contributed by atoms with Crippen LogP contribution in [0, 0.1) is 0 Å². The van der Waals surface area contributed by atoms with Gasteiger partial charge in [0.1, 0.15) is 0 Å². The largest absolute Gasteiger partial charge is 0.414 e. The van der Waals surface area contributed by atoms with Gasteiger partial charge in [-0.2, -0.15) is 0 Å². The van der Waals surface area contributed by atoms with Crippen LogP contribution < -0.4 is 0 Å². The summed E-state index contributed by atoms with van der Waals surface area (Å²) in [5, 5.41) is 0. The molecule has 0 aliphatic rings. The van der Waals surface area contributed by atoms with Crippen LogP contribution >= 0.6 is 0 Å². The highest BCUT2D eigenvalue weighted by atomic mass is 28.5. The first kappa shape index (κ1) is 14.5. The van der Waals surface area contributed by atoms with E-state index in [1.807, 2.05) is 32.7 Å². The van der Waals surface area contributed by atoms with Crippen LogP contribution in [0.1, 0.15) is 0 Å². The summed E-state index contributed by atoms with van der Waals surface area (Å²) < 4.78 is 22.1. The molecule has 4 nitrogen and oxygen atoms in total. The summed E-state index contributed by atoms with van der Waals surface area (Å²) in [6.07, 6.45) is 0. The van der Waals surface area contributed by atoms with Gasteiger partial charge in [0, 0.05) is 14.2 Å². The van der Waals surface area contributed by atoms with Gasteiger partial charge in [-0.3, -0.25) is 0 Å². The van der Waals surface area contributed by atoms with Gasteiger partial charge in [-0.05, 0) is 32.7 Å². The van der Waals surface area contributed by atoms with Crippen molar-refractivity contribution in [1.29, 1.82) is 0 Å². The molecule has 0 spiro atoms. The molecule has 85 valence electrons. The average Bonchev–Trinajstić information content (AvgIpc) is 2.02. The Labute approximate surface area is 90.9 Å². The van der Waals surface area contributed by atoms with Gasteiger partial charge in [0.05, 0.1) is 0 Å². The van der Waals surface area contributed by atoms with Crippen LogP contribution in [-0.2, 0) is 17.1 Å². The first-order chi connectivity index (χ1) is 6.22. The second-order valence-corrected chi connectivity index (χ2v) is 12.9. The first-order valence-electron chi connectivity index (χ1n) is 4.54. The average molecular weight is 253 g/mol. The summed E-state index contributed by atoms with van der Waals surface area (Å²) in [6.45, 7) is 10.0. The predicted molar refractivity (Wildman–Crippen MR) is 62.8 cm³/mol. The Morgan fingerprint density at radius 3 is 1.29 bits per heavy atom. The van der Waals surface area contributed by atoms with Crippen LogP contribution in [0.3, 0.4) is 0 Å². The molecule has 0 heterocycles. The van der Waals surface area contributed by atoms with E-state index in [1.165, 1.54) is 0 Å². The molecule has 0 aromatic heterocycles. The van der Waals surface area contributed by atoms with Crippen molar-refractivity contribution < 1.29 is 17.1 Å². The molecule has 7 heteroatoms. The highest BCUT2D eigenvalue weighted by molar-refractivity contribution is 6.76. The third kappa shape index (κ3) is 6.06. The molecule has 0 N–H and O–H groups in total. The molecule has 0 atom stereocenters. The lowest BCUT2D eigenvalue weighted by molar-refractivity contribution is 0.262. The minimum atomic E-state index is -1.97. The van der Waals surface area contributed by atoms with Gasteiger partial charge in [-0.15, -0.1) is 0 Å². The quantitative estimate of drug-likeness (QED) is 0.677. The normalized spacial score (nSPS) is 13.7.